The van der Waals surface area contributed by atoms with Crippen molar-refractivity contribution in [1.29, 1.82) is 0 Å². The highest BCUT2D eigenvalue weighted by Crippen LogP contribution is 2.25. The largest absolute Gasteiger partial charge is 0.452 e. The molecule has 0 saturated carbocycles. The van der Waals surface area contributed by atoms with Crippen LogP contribution in [-0.4, -0.2) is 23.6 Å². The van der Waals surface area contributed by atoms with Gasteiger partial charge in [0, 0.05) is 5.02 Å². The molecule has 0 radical (unpaired) electrons. The summed E-state index contributed by atoms with van der Waals surface area (Å²) < 4.78 is 9.94. The third kappa shape index (κ3) is 4.24. The lowest BCUT2D eigenvalue weighted by molar-refractivity contribution is -0.119. The van der Waals surface area contributed by atoms with E-state index in [1.807, 2.05) is 6.92 Å². The van der Waals surface area contributed by atoms with E-state index < -0.39 is 18.5 Å². The predicted molar refractivity (Wildman–Crippen MR) is 86.0 cm³/mol. The highest BCUT2D eigenvalue weighted by molar-refractivity contribution is 6.36. The SMILES string of the molecule is CCc1noc(C)c1C(=O)OCC(=O)Nc1ccc(Cl)cc1Cl. The molecule has 8 heteroatoms. The maximum Gasteiger partial charge on any atom is 0.344 e. The summed E-state index contributed by atoms with van der Waals surface area (Å²) >= 11 is 11.7. The maximum absolute atomic E-state index is 12.0. The van der Waals surface area contributed by atoms with E-state index in [0.717, 1.165) is 0 Å². The number of nitrogens with one attached hydrogen (secondary N) is 1. The molecule has 1 aromatic carbocycles. The van der Waals surface area contributed by atoms with Crippen LogP contribution in [0.3, 0.4) is 0 Å². The van der Waals surface area contributed by atoms with E-state index in [2.05, 4.69) is 10.5 Å². The molecule has 0 atom stereocenters. The lowest BCUT2D eigenvalue weighted by Crippen LogP contribution is -2.21. The van der Waals surface area contributed by atoms with Crippen LogP contribution in [0.4, 0.5) is 5.69 Å². The van der Waals surface area contributed by atoms with Crippen LogP contribution in [0, 0.1) is 6.92 Å². The molecule has 2 aromatic rings. The maximum atomic E-state index is 12.0. The van der Waals surface area contributed by atoms with E-state index in [4.69, 9.17) is 32.5 Å². The van der Waals surface area contributed by atoms with Crippen molar-refractivity contribution in [3.63, 3.8) is 0 Å². The number of esters is 1. The van der Waals surface area contributed by atoms with Gasteiger partial charge in [0.25, 0.3) is 5.91 Å². The number of nitrogens with zero attached hydrogens (tertiary/aromatic N) is 1. The van der Waals surface area contributed by atoms with Crippen LogP contribution in [0.25, 0.3) is 0 Å². The fourth-order valence-electron chi connectivity index (χ4n) is 1.90. The number of aryl methyl sites for hydroxylation is 2. The smallest absolute Gasteiger partial charge is 0.344 e. The lowest BCUT2D eigenvalue weighted by Gasteiger charge is -2.08. The summed E-state index contributed by atoms with van der Waals surface area (Å²) in [5, 5.41) is 7.04. The molecule has 1 amide bonds. The summed E-state index contributed by atoms with van der Waals surface area (Å²) in [6, 6.07) is 4.64. The molecule has 0 aliphatic heterocycles. The number of carbonyl (C=O) groups excluding carboxylic acids is 2. The Balaban J connectivity index is 1.96. The minimum absolute atomic E-state index is 0.254. The molecule has 1 N–H and O–H groups in total. The number of benzene rings is 1. The van der Waals surface area contributed by atoms with Crippen molar-refractivity contribution in [3.8, 4) is 0 Å². The number of ether oxygens (including phenoxy) is 1. The molecular formula is C15H14Cl2N2O4. The summed E-state index contributed by atoms with van der Waals surface area (Å²) in [4.78, 5) is 23.9. The van der Waals surface area contributed by atoms with Crippen molar-refractivity contribution in [1.82, 2.24) is 5.16 Å². The van der Waals surface area contributed by atoms with Gasteiger partial charge in [-0.25, -0.2) is 4.79 Å². The molecule has 6 nitrogen and oxygen atoms in total. The van der Waals surface area contributed by atoms with E-state index in [9.17, 15) is 9.59 Å². The van der Waals surface area contributed by atoms with Crippen molar-refractivity contribution >= 4 is 40.8 Å². The average Bonchev–Trinajstić information content (AvgIpc) is 2.88. The second-order valence-corrected chi connectivity index (χ2v) is 5.51. The molecular weight excluding hydrogens is 343 g/mol. The van der Waals surface area contributed by atoms with E-state index in [1.54, 1.807) is 19.1 Å². The number of hydrogen-bond donors (Lipinski definition) is 1. The number of amides is 1. The monoisotopic (exact) mass is 356 g/mol. The Bertz CT molecular complexity index is 743. The van der Waals surface area contributed by atoms with Crippen LogP contribution in [0.1, 0.15) is 28.7 Å². The highest BCUT2D eigenvalue weighted by atomic mass is 35.5. The van der Waals surface area contributed by atoms with Gasteiger partial charge in [0.1, 0.15) is 11.3 Å². The molecule has 0 saturated heterocycles. The summed E-state index contributed by atoms with van der Waals surface area (Å²) in [7, 11) is 0. The Morgan fingerprint density at radius 2 is 2.09 bits per heavy atom. The van der Waals surface area contributed by atoms with Crippen molar-refractivity contribution in [2.24, 2.45) is 0 Å². The number of hydrogen-bond acceptors (Lipinski definition) is 5. The van der Waals surface area contributed by atoms with Gasteiger partial charge in [0.2, 0.25) is 0 Å². The number of anilines is 1. The van der Waals surface area contributed by atoms with E-state index >= 15 is 0 Å². The van der Waals surface area contributed by atoms with Gasteiger partial charge in [-0.15, -0.1) is 0 Å². The van der Waals surface area contributed by atoms with Crippen LogP contribution in [0.15, 0.2) is 22.7 Å². The molecule has 0 aliphatic rings. The lowest BCUT2D eigenvalue weighted by atomic mass is 10.1. The molecule has 0 aliphatic carbocycles. The van der Waals surface area contributed by atoms with Crippen LogP contribution >= 0.6 is 23.2 Å². The standard InChI is InChI=1S/C15H14Cl2N2O4/c1-3-11-14(8(2)23-19-11)15(21)22-7-13(20)18-12-5-4-9(16)6-10(12)17/h4-6H,3,7H2,1-2H3,(H,18,20). The van der Waals surface area contributed by atoms with Crippen LogP contribution in [0.2, 0.25) is 10.0 Å². The zero-order valence-electron chi connectivity index (χ0n) is 12.5. The van der Waals surface area contributed by atoms with Gasteiger partial charge < -0.3 is 14.6 Å². The Labute approximate surface area is 142 Å². The molecule has 0 spiro atoms. The van der Waals surface area contributed by atoms with Crippen LogP contribution in [0.5, 0.6) is 0 Å². The molecule has 0 fully saturated rings. The second-order valence-electron chi connectivity index (χ2n) is 4.66. The number of aromatic nitrogens is 1. The summed E-state index contributed by atoms with van der Waals surface area (Å²) in [5.41, 5.74) is 1.13. The summed E-state index contributed by atoms with van der Waals surface area (Å²) in [5.74, 6) is -0.819. The topological polar surface area (TPSA) is 81.4 Å². The first-order valence-corrected chi connectivity index (χ1v) is 7.55. The van der Waals surface area contributed by atoms with Gasteiger partial charge in [0.15, 0.2) is 6.61 Å². The van der Waals surface area contributed by atoms with Gasteiger partial charge in [-0.05, 0) is 31.5 Å². The number of halogens is 2. The Kier molecular flexibility index (Phi) is 5.63. The van der Waals surface area contributed by atoms with Gasteiger partial charge in [-0.3, -0.25) is 4.79 Å². The van der Waals surface area contributed by atoms with Gasteiger partial charge >= 0.3 is 5.97 Å². The first kappa shape index (κ1) is 17.3. The molecule has 1 aromatic heterocycles. The third-order valence-electron chi connectivity index (χ3n) is 3.01. The fourth-order valence-corrected chi connectivity index (χ4v) is 2.36. The van der Waals surface area contributed by atoms with Crippen LogP contribution < -0.4 is 5.32 Å². The summed E-state index contributed by atoms with van der Waals surface area (Å²) in [6.07, 6.45) is 0.522. The molecule has 23 heavy (non-hydrogen) atoms. The minimum Gasteiger partial charge on any atom is -0.452 e. The fraction of sp³-hybridized carbons (Fsp3) is 0.267. The zero-order chi connectivity index (χ0) is 17.0. The van der Waals surface area contributed by atoms with Gasteiger partial charge in [0.05, 0.1) is 16.4 Å². The molecule has 0 bridgehead atoms. The zero-order valence-corrected chi connectivity index (χ0v) is 14.0. The average molecular weight is 357 g/mol. The predicted octanol–water partition coefficient (Wildman–Crippen LogP) is 3.65. The van der Waals surface area contributed by atoms with Gasteiger partial charge in [-0.2, -0.15) is 0 Å². The first-order valence-electron chi connectivity index (χ1n) is 6.79. The van der Waals surface area contributed by atoms with Crippen molar-refractivity contribution in [2.45, 2.75) is 20.3 Å². The molecule has 2 rings (SSSR count). The normalized spacial score (nSPS) is 10.4. The minimum atomic E-state index is -0.655. The Hall–Kier alpha value is -2.05. The molecule has 122 valence electrons. The third-order valence-corrected chi connectivity index (χ3v) is 3.56. The Morgan fingerprint density at radius 1 is 1.35 bits per heavy atom. The molecule has 1 heterocycles. The van der Waals surface area contributed by atoms with E-state index in [0.29, 0.717) is 33.6 Å². The van der Waals surface area contributed by atoms with Crippen molar-refractivity contribution in [2.75, 3.05) is 11.9 Å². The van der Waals surface area contributed by atoms with Gasteiger partial charge in [-0.1, -0.05) is 35.3 Å². The first-order chi connectivity index (χ1) is 10.9. The quantitative estimate of drug-likeness (QED) is 0.826. The van der Waals surface area contributed by atoms with Crippen molar-refractivity contribution in [3.05, 3.63) is 45.3 Å². The summed E-state index contributed by atoms with van der Waals surface area (Å²) in [6.45, 7) is 2.99. The second kappa shape index (κ2) is 7.48. The van der Waals surface area contributed by atoms with Crippen LogP contribution in [-0.2, 0) is 16.0 Å². The van der Waals surface area contributed by atoms with Crippen molar-refractivity contribution < 1.29 is 18.8 Å². The number of carbonyl (C=O) groups is 2. The highest BCUT2D eigenvalue weighted by Gasteiger charge is 2.21. The molecule has 0 unspecified atom stereocenters. The van der Waals surface area contributed by atoms with E-state index in [1.165, 1.54) is 6.07 Å². The van der Waals surface area contributed by atoms with E-state index in [-0.39, 0.29) is 5.56 Å². The Morgan fingerprint density at radius 3 is 2.74 bits per heavy atom. The number of rotatable bonds is 5.